The van der Waals surface area contributed by atoms with Gasteiger partial charge in [0.2, 0.25) is 0 Å². The fourth-order valence-electron chi connectivity index (χ4n) is 3.58. The fourth-order valence-corrected chi connectivity index (χ4v) is 3.58. The molecule has 1 aliphatic rings. The van der Waals surface area contributed by atoms with Gasteiger partial charge < -0.3 is 19.7 Å². The number of hydrogen-bond donors (Lipinski definition) is 1. The molecule has 3 rings (SSSR count). The number of amides is 2. The minimum atomic E-state index is -0.708. The summed E-state index contributed by atoms with van der Waals surface area (Å²) in [7, 11) is 0. The maximum Gasteiger partial charge on any atom is 0.265 e. The van der Waals surface area contributed by atoms with Crippen LogP contribution in [0.2, 0.25) is 0 Å². The van der Waals surface area contributed by atoms with E-state index in [2.05, 4.69) is 19.2 Å². The number of rotatable bonds is 6. The Hall–Kier alpha value is -2.86. The van der Waals surface area contributed by atoms with Gasteiger partial charge in [0.15, 0.2) is 6.10 Å². The topological polar surface area (TPSA) is 67.9 Å². The van der Waals surface area contributed by atoms with Crippen molar-refractivity contribution in [2.75, 3.05) is 31.6 Å². The molecule has 2 aromatic rings. The first-order chi connectivity index (χ1) is 14.4. The molecule has 1 unspecified atom stereocenters. The Labute approximate surface area is 178 Å². The molecule has 0 radical (unpaired) electrons. The predicted octanol–water partition coefficient (Wildman–Crippen LogP) is 4.00. The minimum Gasteiger partial charge on any atom is -0.481 e. The van der Waals surface area contributed by atoms with Crippen LogP contribution in [-0.2, 0) is 9.53 Å². The Bertz CT molecular complexity index is 904. The number of nitrogens with one attached hydrogen (secondary N) is 1. The van der Waals surface area contributed by atoms with E-state index in [1.807, 2.05) is 25.1 Å². The van der Waals surface area contributed by atoms with Crippen LogP contribution in [-0.4, -0.2) is 49.1 Å². The van der Waals surface area contributed by atoms with E-state index in [0.29, 0.717) is 49.2 Å². The first-order valence-electron chi connectivity index (χ1n) is 10.4. The monoisotopic (exact) mass is 410 g/mol. The highest BCUT2D eigenvalue weighted by molar-refractivity contribution is 6.04. The zero-order chi connectivity index (χ0) is 21.7. The average molecular weight is 411 g/mol. The Morgan fingerprint density at radius 3 is 2.43 bits per heavy atom. The number of ether oxygens (including phenoxy) is 2. The summed E-state index contributed by atoms with van der Waals surface area (Å²) in [6, 6.07) is 12.9. The van der Waals surface area contributed by atoms with E-state index in [4.69, 9.17) is 9.47 Å². The van der Waals surface area contributed by atoms with Crippen LogP contribution in [0, 0.1) is 6.92 Å². The van der Waals surface area contributed by atoms with Gasteiger partial charge in [-0.1, -0.05) is 32.0 Å². The first-order valence-corrected chi connectivity index (χ1v) is 10.4. The molecule has 1 aliphatic heterocycles. The maximum absolute atomic E-state index is 12.9. The number of morpholine rings is 1. The highest BCUT2D eigenvalue weighted by Gasteiger charge is 2.23. The molecule has 0 saturated carbocycles. The normalized spacial score (nSPS) is 15.0. The second-order valence-electron chi connectivity index (χ2n) is 7.87. The number of aryl methyl sites for hydroxylation is 1. The van der Waals surface area contributed by atoms with E-state index < -0.39 is 6.10 Å². The Kier molecular flexibility index (Phi) is 7.11. The lowest BCUT2D eigenvalue weighted by Gasteiger charge is -2.27. The minimum absolute atomic E-state index is 0.109. The molecule has 1 fully saturated rings. The van der Waals surface area contributed by atoms with Crippen molar-refractivity contribution in [1.29, 1.82) is 0 Å². The Morgan fingerprint density at radius 2 is 1.77 bits per heavy atom. The van der Waals surface area contributed by atoms with Gasteiger partial charge in [-0.05, 0) is 55.2 Å². The average Bonchev–Trinajstić information content (AvgIpc) is 2.74. The van der Waals surface area contributed by atoms with Gasteiger partial charge in [-0.25, -0.2) is 0 Å². The van der Waals surface area contributed by atoms with Gasteiger partial charge in [0, 0.05) is 13.1 Å². The second kappa shape index (κ2) is 9.76. The molecule has 1 saturated heterocycles. The summed E-state index contributed by atoms with van der Waals surface area (Å²) < 4.78 is 11.2. The molecule has 2 amide bonds. The van der Waals surface area contributed by atoms with E-state index >= 15 is 0 Å². The molecule has 30 heavy (non-hydrogen) atoms. The third kappa shape index (κ3) is 5.19. The fraction of sp³-hybridized carbons (Fsp3) is 0.417. The predicted molar refractivity (Wildman–Crippen MR) is 117 cm³/mol. The van der Waals surface area contributed by atoms with Crippen LogP contribution in [0.3, 0.4) is 0 Å². The standard InChI is InChI=1S/C24H30N2O4/c1-16(2)20-10-9-19(15-17(20)3)30-18(4)23(27)25-22-8-6-5-7-21(22)24(28)26-11-13-29-14-12-26/h5-10,15-16,18H,11-14H2,1-4H3,(H,25,27). The van der Waals surface area contributed by atoms with Crippen LogP contribution in [0.15, 0.2) is 42.5 Å². The smallest absolute Gasteiger partial charge is 0.265 e. The van der Waals surface area contributed by atoms with Crippen molar-refractivity contribution in [3.05, 3.63) is 59.2 Å². The van der Waals surface area contributed by atoms with Crippen molar-refractivity contribution in [3.8, 4) is 5.75 Å². The van der Waals surface area contributed by atoms with E-state index in [1.165, 1.54) is 5.56 Å². The number of benzene rings is 2. The summed E-state index contributed by atoms with van der Waals surface area (Å²) in [4.78, 5) is 27.4. The molecule has 6 nitrogen and oxygen atoms in total. The van der Waals surface area contributed by atoms with Gasteiger partial charge in [0.05, 0.1) is 24.5 Å². The summed E-state index contributed by atoms with van der Waals surface area (Å²) in [5, 5.41) is 2.85. The van der Waals surface area contributed by atoms with Gasteiger partial charge in [0.1, 0.15) is 5.75 Å². The summed E-state index contributed by atoms with van der Waals surface area (Å²) in [6.07, 6.45) is -0.708. The molecule has 160 valence electrons. The van der Waals surface area contributed by atoms with Crippen LogP contribution in [0.5, 0.6) is 5.75 Å². The molecule has 2 aromatic carbocycles. The maximum atomic E-state index is 12.9. The molecule has 0 aromatic heterocycles. The quantitative estimate of drug-likeness (QED) is 0.782. The third-order valence-corrected chi connectivity index (χ3v) is 5.26. The number of anilines is 1. The highest BCUT2D eigenvalue weighted by atomic mass is 16.5. The molecular formula is C24H30N2O4. The molecule has 1 N–H and O–H groups in total. The Balaban J connectivity index is 1.68. The lowest BCUT2D eigenvalue weighted by atomic mass is 9.98. The largest absolute Gasteiger partial charge is 0.481 e. The summed E-state index contributed by atoms with van der Waals surface area (Å²) in [6.45, 7) is 10.2. The van der Waals surface area contributed by atoms with Gasteiger partial charge in [-0.15, -0.1) is 0 Å². The van der Waals surface area contributed by atoms with Crippen LogP contribution < -0.4 is 10.1 Å². The summed E-state index contributed by atoms with van der Waals surface area (Å²) >= 11 is 0. The van der Waals surface area contributed by atoms with Gasteiger partial charge >= 0.3 is 0 Å². The molecule has 0 spiro atoms. The van der Waals surface area contributed by atoms with Crippen molar-refractivity contribution >= 4 is 17.5 Å². The molecule has 0 bridgehead atoms. The van der Waals surface area contributed by atoms with Gasteiger partial charge in [-0.3, -0.25) is 9.59 Å². The van der Waals surface area contributed by atoms with E-state index in [-0.39, 0.29) is 11.8 Å². The van der Waals surface area contributed by atoms with Crippen molar-refractivity contribution < 1.29 is 19.1 Å². The SMILES string of the molecule is Cc1cc(OC(C)C(=O)Nc2ccccc2C(=O)N2CCOCC2)ccc1C(C)C. The second-order valence-corrected chi connectivity index (χ2v) is 7.87. The van der Waals surface area contributed by atoms with Crippen molar-refractivity contribution in [2.45, 2.75) is 39.7 Å². The van der Waals surface area contributed by atoms with Crippen molar-refractivity contribution in [1.82, 2.24) is 4.90 Å². The molecular weight excluding hydrogens is 380 g/mol. The molecule has 1 heterocycles. The highest BCUT2D eigenvalue weighted by Crippen LogP contribution is 2.24. The zero-order valence-corrected chi connectivity index (χ0v) is 18.1. The lowest BCUT2D eigenvalue weighted by Crippen LogP contribution is -2.41. The van der Waals surface area contributed by atoms with E-state index in [1.54, 1.807) is 36.1 Å². The first kappa shape index (κ1) is 21.8. The zero-order valence-electron chi connectivity index (χ0n) is 18.1. The summed E-state index contributed by atoms with van der Waals surface area (Å²) in [5.41, 5.74) is 3.35. The lowest BCUT2D eigenvalue weighted by molar-refractivity contribution is -0.122. The van der Waals surface area contributed by atoms with Crippen molar-refractivity contribution in [3.63, 3.8) is 0 Å². The molecule has 1 atom stereocenters. The third-order valence-electron chi connectivity index (χ3n) is 5.26. The van der Waals surface area contributed by atoms with E-state index in [9.17, 15) is 9.59 Å². The van der Waals surface area contributed by atoms with Crippen molar-refractivity contribution in [2.24, 2.45) is 0 Å². The Morgan fingerprint density at radius 1 is 1.07 bits per heavy atom. The van der Waals surface area contributed by atoms with Crippen LogP contribution in [0.25, 0.3) is 0 Å². The number of carbonyl (C=O) groups is 2. The summed E-state index contributed by atoms with van der Waals surface area (Å²) in [5.74, 6) is 0.669. The van der Waals surface area contributed by atoms with E-state index in [0.717, 1.165) is 5.56 Å². The van der Waals surface area contributed by atoms with Crippen LogP contribution in [0.1, 0.15) is 48.2 Å². The van der Waals surface area contributed by atoms with Crippen LogP contribution in [0.4, 0.5) is 5.69 Å². The number of para-hydroxylation sites is 1. The molecule has 6 heteroatoms. The van der Waals surface area contributed by atoms with Gasteiger partial charge in [-0.2, -0.15) is 0 Å². The number of hydrogen-bond acceptors (Lipinski definition) is 4. The van der Waals surface area contributed by atoms with Gasteiger partial charge in [0.25, 0.3) is 11.8 Å². The number of carbonyl (C=O) groups excluding carboxylic acids is 2. The number of nitrogens with zero attached hydrogens (tertiary/aromatic N) is 1. The van der Waals surface area contributed by atoms with Crippen LogP contribution >= 0.6 is 0 Å². The molecule has 0 aliphatic carbocycles.